The summed E-state index contributed by atoms with van der Waals surface area (Å²) in [6, 6.07) is 16.0. The number of carbonyl (C=O) groups is 2. The molecule has 1 amide bonds. The summed E-state index contributed by atoms with van der Waals surface area (Å²) in [7, 11) is 1.50. The van der Waals surface area contributed by atoms with Crippen molar-refractivity contribution < 1.29 is 24.0 Å². The summed E-state index contributed by atoms with van der Waals surface area (Å²) >= 11 is 5.80. The molecular weight excluding hydrogens is 438 g/mol. The van der Waals surface area contributed by atoms with Crippen molar-refractivity contribution in [2.45, 2.75) is 0 Å². The molecule has 0 aliphatic rings. The topological polar surface area (TPSA) is 120 Å². The van der Waals surface area contributed by atoms with Crippen LogP contribution in [0.1, 0.15) is 26.3 Å². The molecule has 0 bridgehead atoms. The molecule has 32 heavy (non-hydrogen) atoms. The molecule has 3 aromatic carbocycles. The van der Waals surface area contributed by atoms with Gasteiger partial charge in [0.15, 0.2) is 0 Å². The standard InChI is InChI=1S/C22H16ClN3O6/c1-31-19-9-4-15(5-10-19)22(28)32-20-11-8-18(26(29)30)12-16(20)13-24-25-21(27)14-2-6-17(23)7-3-14/h2-13H,1H3,(H,25,27)/b24-13+. The van der Waals surface area contributed by atoms with Crippen molar-refractivity contribution in [2.24, 2.45) is 5.10 Å². The molecule has 3 rings (SSSR count). The Bertz CT molecular complexity index is 1180. The van der Waals surface area contributed by atoms with Crippen molar-refractivity contribution >= 4 is 35.4 Å². The van der Waals surface area contributed by atoms with Crippen LogP contribution in [0, 0.1) is 10.1 Å². The highest BCUT2D eigenvalue weighted by molar-refractivity contribution is 6.30. The molecule has 3 aromatic rings. The molecule has 0 atom stereocenters. The number of methoxy groups -OCH3 is 1. The molecule has 0 spiro atoms. The number of non-ortho nitro benzene ring substituents is 1. The van der Waals surface area contributed by atoms with Crippen LogP contribution < -0.4 is 14.9 Å². The summed E-state index contributed by atoms with van der Waals surface area (Å²) in [5, 5.41) is 15.4. The number of halogens is 1. The van der Waals surface area contributed by atoms with Gasteiger partial charge in [-0.1, -0.05) is 11.6 Å². The predicted octanol–water partition coefficient (Wildman–Crippen LogP) is 4.24. The molecule has 10 heteroatoms. The number of hydrazone groups is 1. The van der Waals surface area contributed by atoms with E-state index in [1.807, 2.05) is 0 Å². The summed E-state index contributed by atoms with van der Waals surface area (Å²) in [6.45, 7) is 0. The maximum atomic E-state index is 12.5. The van der Waals surface area contributed by atoms with E-state index in [0.717, 1.165) is 6.21 Å². The van der Waals surface area contributed by atoms with E-state index in [1.54, 1.807) is 24.3 Å². The van der Waals surface area contributed by atoms with Gasteiger partial charge in [0.1, 0.15) is 11.5 Å². The maximum absolute atomic E-state index is 12.5. The number of benzene rings is 3. The van der Waals surface area contributed by atoms with Gasteiger partial charge in [0.05, 0.1) is 23.8 Å². The molecule has 0 radical (unpaired) electrons. The van der Waals surface area contributed by atoms with Crippen molar-refractivity contribution in [2.75, 3.05) is 7.11 Å². The van der Waals surface area contributed by atoms with Crippen LogP contribution in [0.15, 0.2) is 71.8 Å². The molecule has 0 saturated heterocycles. The number of ether oxygens (including phenoxy) is 2. The van der Waals surface area contributed by atoms with Crippen molar-refractivity contribution in [3.63, 3.8) is 0 Å². The summed E-state index contributed by atoms with van der Waals surface area (Å²) in [6.07, 6.45) is 1.15. The van der Waals surface area contributed by atoms with Crippen LogP contribution in [0.2, 0.25) is 5.02 Å². The number of esters is 1. The van der Waals surface area contributed by atoms with Crippen molar-refractivity contribution in [1.29, 1.82) is 0 Å². The van der Waals surface area contributed by atoms with Gasteiger partial charge in [-0.15, -0.1) is 0 Å². The minimum absolute atomic E-state index is 0.0286. The van der Waals surface area contributed by atoms with Crippen molar-refractivity contribution in [3.8, 4) is 11.5 Å². The lowest BCUT2D eigenvalue weighted by Crippen LogP contribution is -2.17. The zero-order valence-corrected chi connectivity index (χ0v) is 17.4. The van der Waals surface area contributed by atoms with E-state index < -0.39 is 16.8 Å². The third kappa shape index (κ3) is 5.67. The molecular formula is C22H16ClN3O6. The van der Waals surface area contributed by atoms with E-state index in [2.05, 4.69) is 10.5 Å². The molecule has 0 heterocycles. The number of nitro benzene ring substituents is 1. The summed E-state index contributed by atoms with van der Waals surface area (Å²) in [5.41, 5.74) is 2.76. The lowest BCUT2D eigenvalue weighted by Gasteiger charge is -2.08. The number of nitrogens with zero attached hydrogens (tertiary/aromatic N) is 2. The first kappa shape index (κ1) is 22.4. The number of rotatable bonds is 7. The Balaban J connectivity index is 1.79. The van der Waals surface area contributed by atoms with Gasteiger partial charge in [-0.2, -0.15) is 5.10 Å². The van der Waals surface area contributed by atoms with Crippen molar-refractivity contribution in [1.82, 2.24) is 5.43 Å². The van der Waals surface area contributed by atoms with Gasteiger partial charge in [0.25, 0.3) is 11.6 Å². The van der Waals surface area contributed by atoms with E-state index in [9.17, 15) is 19.7 Å². The molecule has 0 fully saturated rings. The summed E-state index contributed by atoms with van der Waals surface area (Å²) in [4.78, 5) is 35.1. The predicted molar refractivity (Wildman–Crippen MR) is 118 cm³/mol. The molecule has 1 N–H and O–H groups in total. The SMILES string of the molecule is COc1ccc(C(=O)Oc2ccc([N+](=O)[O-])cc2/C=N/NC(=O)c2ccc(Cl)cc2)cc1. The van der Waals surface area contributed by atoms with Gasteiger partial charge < -0.3 is 9.47 Å². The van der Waals surface area contributed by atoms with Gasteiger partial charge in [-0.25, -0.2) is 10.2 Å². The van der Waals surface area contributed by atoms with Crippen LogP contribution in [0.5, 0.6) is 11.5 Å². The highest BCUT2D eigenvalue weighted by atomic mass is 35.5. The highest BCUT2D eigenvalue weighted by Crippen LogP contribution is 2.24. The molecule has 0 aliphatic heterocycles. The monoisotopic (exact) mass is 453 g/mol. The molecule has 162 valence electrons. The van der Waals surface area contributed by atoms with E-state index in [4.69, 9.17) is 21.1 Å². The Morgan fingerprint density at radius 1 is 1.03 bits per heavy atom. The number of nitrogens with one attached hydrogen (secondary N) is 1. The second kappa shape index (κ2) is 10.2. The van der Waals surface area contributed by atoms with Gasteiger partial charge in [-0.05, 0) is 54.6 Å². The average Bonchev–Trinajstić information content (AvgIpc) is 2.80. The molecule has 9 nitrogen and oxygen atoms in total. The first-order valence-electron chi connectivity index (χ1n) is 9.11. The lowest BCUT2D eigenvalue weighted by molar-refractivity contribution is -0.384. The number of nitro groups is 1. The summed E-state index contributed by atoms with van der Waals surface area (Å²) in [5.74, 6) is -0.594. The number of hydrogen-bond donors (Lipinski definition) is 1. The van der Waals surface area contributed by atoms with Gasteiger partial charge in [0, 0.05) is 28.3 Å². The fourth-order valence-corrected chi connectivity index (χ4v) is 2.68. The van der Waals surface area contributed by atoms with Crippen LogP contribution in [-0.4, -0.2) is 30.1 Å². The third-order valence-electron chi connectivity index (χ3n) is 4.21. The third-order valence-corrected chi connectivity index (χ3v) is 4.46. The molecule has 0 unspecified atom stereocenters. The molecule has 0 saturated carbocycles. The Kier molecular flexibility index (Phi) is 7.14. The number of hydrogen-bond acceptors (Lipinski definition) is 7. The fourth-order valence-electron chi connectivity index (χ4n) is 2.56. The van der Waals surface area contributed by atoms with E-state index in [0.29, 0.717) is 16.3 Å². The minimum atomic E-state index is -0.679. The van der Waals surface area contributed by atoms with Gasteiger partial charge >= 0.3 is 5.97 Å². The smallest absolute Gasteiger partial charge is 0.343 e. The van der Waals surface area contributed by atoms with Gasteiger partial charge in [0.2, 0.25) is 0 Å². The van der Waals surface area contributed by atoms with Crippen molar-refractivity contribution in [3.05, 3.63) is 98.6 Å². The second-order valence-electron chi connectivity index (χ2n) is 6.30. The largest absolute Gasteiger partial charge is 0.497 e. The van der Waals surface area contributed by atoms with Crippen LogP contribution >= 0.6 is 11.6 Å². The first-order valence-corrected chi connectivity index (χ1v) is 9.49. The maximum Gasteiger partial charge on any atom is 0.343 e. The van der Waals surface area contributed by atoms with Crippen LogP contribution in [0.3, 0.4) is 0 Å². The first-order chi connectivity index (χ1) is 15.4. The van der Waals surface area contributed by atoms with Crippen LogP contribution in [-0.2, 0) is 0 Å². The zero-order valence-electron chi connectivity index (χ0n) is 16.7. The van der Waals surface area contributed by atoms with E-state index in [-0.39, 0.29) is 22.6 Å². The fraction of sp³-hybridized carbons (Fsp3) is 0.0455. The number of amides is 1. The normalized spacial score (nSPS) is 10.6. The lowest BCUT2D eigenvalue weighted by atomic mass is 10.2. The Labute approximate surface area is 187 Å². The summed E-state index contributed by atoms with van der Waals surface area (Å²) < 4.78 is 10.4. The minimum Gasteiger partial charge on any atom is -0.497 e. The molecule has 0 aromatic heterocycles. The quantitative estimate of drug-likeness (QED) is 0.188. The second-order valence-corrected chi connectivity index (χ2v) is 6.74. The van der Waals surface area contributed by atoms with Crippen LogP contribution in [0.4, 0.5) is 5.69 Å². The van der Waals surface area contributed by atoms with Gasteiger partial charge in [-0.3, -0.25) is 14.9 Å². The highest BCUT2D eigenvalue weighted by Gasteiger charge is 2.15. The number of carbonyl (C=O) groups excluding carboxylic acids is 2. The Hall–Kier alpha value is -4.24. The molecule has 0 aliphatic carbocycles. The van der Waals surface area contributed by atoms with E-state index in [1.165, 1.54) is 49.6 Å². The average molecular weight is 454 g/mol. The Morgan fingerprint density at radius 3 is 2.31 bits per heavy atom. The van der Waals surface area contributed by atoms with E-state index >= 15 is 0 Å². The van der Waals surface area contributed by atoms with Crippen LogP contribution in [0.25, 0.3) is 0 Å². The zero-order chi connectivity index (χ0) is 23.1. The Morgan fingerprint density at radius 2 is 1.69 bits per heavy atom.